The van der Waals surface area contributed by atoms with Gasteiger partial charge in [0.05, 0.1) is 16.1 Å². The molecule has 3 aromatic carbocycles. The van der Waals surface area contributed by atoms with Gasteiger partial charge in [-0.3, -0.25) is 4.79 Å². The fourth-order valence-corrected chi connectivity index (χ4v) is 4.53. The maximum absolute atomic E-state index is 13.2. The third-order valence-electron chi connectivity index (χ3n) is 3.84. The minimum atomic E-state index is -4.05. The Morgan fingerprint density at radius 3 is 2.04 bits per heavy atom. The molecule has 0 N–H and O–H groups in total. The van der Waals surface area contributed by atoms with E-state index in [1.807, 2.05) is 29.5 Å². The van der Waals surface area contributed by atoms with Gasteiger partial charge in [0.2, 0.25) is 0 Å². The number of carbonyl (C=O) groups is 1. The summed E-state index contributed by atoms with van der Waals surface area (Å²) in [6, 6.07) is 21.8. The molecule has 0 heterocycles. The second-order valence-corrected chi connectivity index (χ2v) is 8.65. The van der Waals surface area contributed by atoms with E-state index in [4.69, 9.17) is 0 Å². The second-order valence-electron chi connectivity index (χ2n) is 5.70. The van der Waals surface area contributed by atoms with Crippen molar-refractivity contribution in [1.29, 1.82) is 0 Å². The largest absolute Gasteiger partial charge is 0.273 e. The Bertz CT molecular complexity index is 1030. The highest BCUT2D eigenvalue weighted by molar-refractivity contribution is 14.1. The Labute approximate surface area is 166 Å². The van der Waals surface area contributed by atoms with Gasteiger partial charge < -0.3 is 0 Å². The summed E-state index contributed by atoms with van der Waals surface area (Å²) in [6.45, 7) is 1.90. The third-order valence-corrected chi connectivity index (χ3v) is 6.50. The number of halogens is 1. The molecule has 132 valence electrons. The molecule has 1 amide bonds. The van der Waals surface area contributed by atoms with Gasteiger partial charge in [-0.2, -0.15) is 4.31 Å². The molecule has 0 atom stereocenters. The van der Waals surface area contributed by atoms with E-state index in [2.05, 4.69) is 0 Å². The minimum Gasteiger partial charge on any atom is -0.268 e. The monoisotopic (exact) mass is 477 g/mol. The van der Waals surface area contributed by atoms with Crippen LogP contribution in [0.15, 0.2) is 83.8 Å². The zero-order valence-electron chi connectivity index (χ0n) is 14.0. The maximum atomic E-state index is 13.2. The number of sulfonamides is 1. The zero-order chi connectivity index (χ0) is 18.7. The van der Waals surface area contributed by atoms with Gasteiger partial charge in [-0.25, -0.2) is 8.42 Å². The molecule has 3 rings (SSSR count). The van der Waals surface area contributed by atoms with E-state index in [0.717, 1.165) is 9.87 Å². The summed E-state index contributed by atoms with van der Waals surface area (Å²) in [7, 11) is -4.05. The predicted molar refractivity (Wildman–Crippen MR) is 111 cm³/mol. The normalized spacial score (nSPS) is 11.2. The summed E-state index contributed by atoms with van der Waals surface area (Å²) in [5.74, 6) is -0.581. The lowest BCUT2D eigenvalue weighted by atomic mass is 10.2. The lowest BCUT2D eigenvalue weighted by Crippen LogP contribution is -2.37. The molecular weight excluding hydrogens is 461 g/mol. The molecule has 3 aromatic rings. The highest BCUT2D eigenvalue weighted by atomic mass is 127. The summed E-state index contributed by atoms with van der Waals surface area (Å²) >= 11 is 2.03. The average molecular weight is 477 g/mol. The lowest BCUT2D eigenvalue weighted by molar-refractivity contribution is 0.100. The van der Waals surface area contributed by atoms with Crippen molar-refractivity contribution in [2.24, 2.45) is 0 Å². The molecule has 6 heteroatoms. The van der Waals surface area contributed by atoms with Gasteiger partial charge in [0.1, 0.15) is 0 Å². The van der Waals surface area contributed by atoms with E-state index in [0.29, 0.717) is 14.8 Å². The van der Waals surface area contributed by atoms with Crippen LogP contribution in [0.5, 0.6) is 0 Å². The van der Waals surface area contributed by atoms with Crippen LogP contribution in [-0.4, -0.2) is 14.3 Å². The number of anilines is 1. The molecule has 0 bridgehead atoms. The topological polar surface area (TPSA) is 54.5 Å². The van der Waals surface area contributed by atoms with Crippen LogP contribution < -0.4 is 4.31 Å². The molecule has 0 spiro atoms. The smallest absolute Gasteiger partial charge is 0.268 e. The third kappa shape index (κ3) is 3.66. The molecule has 4 nitrogen and oxygen atoms in total. The standard InChI is InChI=1S/C20H16INO3S/c1-15-11-13-16(14-12-15)22(20(23)18-9-5-6-10-19(18)21)26(24,25)17-7-3-2-4-8-17/h2-14H,1H3. The highest BCUT2D eigenvalue weighted by Crippen LogP contribution is 2.27. The van der Waals surface area contributed by atoms with Crippen LogP contribution in [-0.2, 0) is 10.0 Å². The van der Waals surface area contributed by atoms with Gasteiger partial charge in [-0.05, 0) is 65.9 Å². The molecule has 0 aromatic heterocycles. The van der Waals surface area contributed by atoms with Gasteiger partial charge in [0.25, 0.3) is 15.9 Å². The number of hydrogen-bond acceptors (Lipinski definition) is 3. The van der Waals surface area contributed by atoms with E-state index in [1.54, 1.807) is 66.7 Å². The summed E-state index contributed by atoms with van der Waals surface area (Å²) in [5, 5.41) is 0. The number of aryl methyl sites for hydroxylation is 1. The highest BCUT2D eigenvalue weighted by Gasteiger charge is 2.32. The first kappa shape index (κ1) is 18.6. The molecular formula is C20H16INO3S. The minimum absolute atomic E-state index is 0.0693. The predicted octanol–water partition coefficient (Wildman–Crippen LogP) is 4.64. The van der Waals surface area contributed by atoms with Crippen LogP contribution in [0, 0.1) is 10.5 Å². The van der Waals surface area contributed by atoms with E-state index in [1.165, 1.54) is 12.1 Å². The van der Waals surface area contributed by atoms with Crippen LogP contribution in [0.1, 0.15) is 15.9 Å². The molecule has 26 heavy (non-hydrogen) atoms. The number of benzene rings is 3. The number of carbonyl (C=O) groups excluding carboxylic acids is 1. The van der Waals surface area contributed by atoms with Crippen molar-refractivity contribution in [1.82, 2.24) is 0 Å². The van der Waals surface area contributed by atoms with Gasteiger partial charge in [-0.15, -0.1) is 0 Å². The van der Waals surface area contributed by atoms with Gasteiger partial charge >= 0.3 is 0 Å². The first-order valence-corrected chi connectivity index (χ1v) is 10.4. The average Bonchev–Trinajstić information content (AvgIpc) is 2.64. The van der Waals surface area contributed by atoms with Crippen LogP contribution in [0.3, 0.4) is 0 Å². The Hall–Kier alpha value is -2.19. The maximum Gasteiger partial charge on any atom is 0.273 e. The SMILES string of the molecule is Cc1ccc(N(C(=O)c2ccccc2I)S(=O)(=O)c2ccccc2)cc1. The Morgan fingerprint density at radius 1 is 0.846 bits per heavy atom. The lowest BCUT2D eigenvalue weighted by Gasteiger charge is -2.23. The number of amides is 1. The fourth-order valence-electron chi connectivity index (χ4n) is 2.49. The molecule has 0 unspecified atom stereocenters. The van der Waals surface area contributed by atoms with Crippen molar-refractivity contribution >= 4 is 44.2 Å². The molecule has 0 aliphatic rings. The Kier molecular flexibility index (Phi) is 5.43. The Morgan fingerprint density at radius 2 is 1.42 bits per heavy atom. The van der Waals surface area contributed by atoms with Crippen molar-refractivity contribution in [3.63, 3.8) is 0 Å². The van der Waals surface area contributed by atoms with Crippen molar-refractivity contribution in [2.75, 3.05) is 4.31 Å². The quantitative estimate of drug-likeness (QED) is 0.515. The zero-order valence-corrected chi connectivity index (χ0v) is 16.9. The van der Waals surface area contributed by atoms with Crippen molar-refractivity contribution in [3.8, 4) is 0 Å². The number of nitrogens with zero attached hydrogens (tertiary/aromatic N) is 1. The second kappa shape index (κ2) is 7.59. The fraction of sp³-hybridized carbons (Fsp3) is 0.0500. The Balaban J connectivity index is 2.19. The van der Waals surface area contributed by atoms with E-state index in [-0.39, 0.29) is 4.90 Å². The van der Waals surface area contributed by atoms with Crippen LogP contribution in [0.25, 0.3) is 0 Å². The summed E-state index contributed by atoms with van der Waals surface area (Å²) in [6.07, 6.45) is 0. The molecule has 0 saturated heterocycles. The van der Waals surface area contributed by atoms with Crippen LogP contribution in [0.4, 0.5) is 5.69 Å². The first-order chi connectivity index (χ1) is 12.4. The molecule has 0 radical (unpaired) electrons. The first-order valence-electron chi connectivity index (χ1n) is 7.87. The molecule has 0 aliphatic carbocycles. The van der Waals surface area contributed by atoms with Crippen LogP contribution in [0.2, 0.25) is 0 Å². The van der Waals surface area contributed by atoms with Gasteiger partial charge in [-0.1, -0.05) is 48.0 Å². The van der Waals surface area contributed by atoms with E-state index < -0.39 is 15.9 Å². The van der Waals surface area contributed by atoms with E-state index in [9.17, 15) is 13.2 Å². The van der Waals surface area contributed by atoms with Crippen molar-refractivity contribution < 1.29 is 13.2 Å². The summed E-state index contributed by atoms with van der Waals surface area (Å²) in [4.78, 5) is 13.3. The van der Waals surface area contributed by atoms with Gasteiger partial charge in [0.15, 0.2) is 0 Å². The molecule has 0 aliphatic heterocycles. The summed E-state index contributed by atoms with van der Waals surface area (Å²) < 4.78 is 28.1. The number of hydrogen-bond donors (Lipinski definition) is 0. The van der Waals surface area contributed by atoms with Crippen molar-refractivity contribution in [3.05, 3.63) is 93.6 Å². The molecule has 0 fully saturated rings. The van der Waals surface area contributed by atoms with Gasteiger partial charge in [0, 0.05) is 3.57 Å². The van der Waals surface area contributed by atoms with Crippen molar-refractivity contribution in [2.45, 2.75) is 11.8 Å². The van der Waals surface area contributed by atoms with E-state index >= 15 is 0 Å². The summed E-state index contributed by atoms with van der Waals surface area (Å²) in [5.41, 5.74) is 1.63. The van der Waals surface area contributed by atoms with Crippen LogP contribution >= 0.6 is 22.6 Å². The number of rotatable bonds is 4. The molecule has 0 saturated carbocycles.